The summed E-state index contributed by atoms with van der Waals surface area (Å²) in [6.45, 7) is 12.7. The minimum atomic E-state index is -2.00. The quantitative estimate of drug-likeness (QED) is 0.0598. The van der Waals surface area contributed by atoms with Crippen molar-refractivity contribution in [2.75, 3.05) is 19.9 Å². The SMILES string of the molecule is C=C1C(=O)N[C@H](C)C(=O)N[C@@H](CC(=O)c2ccccc2N)C(=O)N[C@@H](C(=O)O)[C@H](C)C(=O)N[C@@H](CC)C(=O)N[C@@H](C=C/C(C)=C/[C@H](C)[C@H](Cc2ccccc2)OC)[C@H](C)C(=O)N[C@@H](C(=O)O)CCC(=O)N1C. The van der Waals surface area contributed by atoms with Gasteiger partial charge in [0.2, 0.25) is 35.4 Å². The van der Waals surface area contributed by atoms with Gasteiger partial charge in [-0.3, -0.25) is 38.4 Å². The number of likely N-dealkylation sites (N-methyl/N-ethyl adjacent to an activating group) is 1. The Balaban J connectivity index is 2.07. The lowest BCUT2D eigenvalue weighted by molar-refractivity contribution is -0.146. The zero-order valence-electron chi connectivity index (χ0n) is 41.9. The number of carboxylic acid groups (broad SMARTS) is 2. The highest BCUT2D eigenvalue weighted by Gasteiger charge is 2.38. The summed E-state index contributed by atoms with van der Waals surface area (Å²) >= 11 is 0. The second kappa shape index (κ2) is 27.6. The van der Waals surface area contributed by atoms with Crippen molar-refractivity contribution >= 4 is 64.8 Å². The Labute approximate surface area is 418 Å². The van der Waals surface area contributed by atoms with Gasteiger partial charge in [0.05, 0.1) is 24.0 Å². The number of nitrogens with two attached hydrogens (primary N) is 1. The van der Waals surface area contributed by atoms with Gasteiger partial charge < -0.3 is 57.5 Å². The molecule has 3 rings (SSSR count). The molecule has 0 aliphatic carbocycles. The number of ether oxygens (including phenoxy) is 1. The Kier molecular flexibility index (Phi) is 22.5. The zero-order chi connectivity index (χ0) is 54.0. The smallest absolute Gasteiger partial charge is 0.327 e. The van der Waals surface area contributed by atoms with Gasteiger partial charge in [-0.05, 0) is 50.8 Å². The number of ketones is 1. The maximum Gasteiger partial charge on any atom is 0.327 e. The summed E-state index contributed by atoms with van der Waals surface area (Å²) in [5, 5.41) is 35.0. The Morgan fingerprint density at radius 2 is 1.40 bits per heavy atom. The van der Waals surface area contributed by atoms with Crippen molar-refractivity contribution in [2.24, 2.45) is 17.8 Å². The van der Waals surface area contributed by atoms with Gasteiger partial charge >= 0.3 is 11.9 Å². The molecule has 1 fully saturated rings. The molecule has 2 aromatic carbocycles. The van der Waals surface area contributed by atoms with Gasteiger partial charge in [-0.1, -0.05) is 101 Å². The molecular weight excluding hydrogens is 933 g/mol. The highest BCUT2D eigenvalue weighted by molar-refractivity contribution is 6.05. The lowest BCUT2D eigenvalue weighted by Gasteiger charge is -2.28. The van der Waals surface area contributed by atoms with E-state index in [1.165, 1.54) is 52.1 Å². The molecule has 7 amide bonds. The van der Waals surface area contributed by atoms with Crippen LogP contribution >= 0.6 is 0 Å². The highest BCUT2D eigenvalue weighted by Crippen LogP contribution is 2.19. The number of amides is 7. The fourth-order valence-electron chi connectivity index (χ4n) is 7.59. The van der Waals surface area contributed by atoms with Crippen LogP contribution in [0.3, 0.4) is 0 Å². The zero-order valence-corrected chi connectivity index (χ0v) is 41.9. The number of methoxy groups -OCH3 is 1. The number of benzene rings is 2. The van der Waals surface area contributed by atoms with E-state index in [4.69, 9.17) is 10.5 Å². The molecule has 21 nitrogen and oxygen atoms in total. The van der Waals surface area contributed by atoms with Gasteiger partial charge in [0, 0.05) is 44.2 Å². The monoisotopic (exact) mass is 1000 g/mol. The van der Waals surface area contributed by atoms with Gasteiger partial charge in [-0.15, -0.1) is 0 Å². The summed E-state index contributed by atoms with van der Waals surface area (Å²) in [6, 6.07) is 6.21. The molecule has 10 N–H and O–H groups in total. The number of para-hydroxylation sites is 1. The summed E-state index contributed by atoms with van der Waals surface area (Å²) in [5.74, 6) is -13.5. The first kappa shape index (κ1) is 58.6. The van der Waals surface area contributed by atoms with Crippen LogP contribution in [-0.2, 0) is 54.3 Å². The molecule has 0 unspecified atom stereocenters. The molecule has 2 aromatic rings. The number of nitrogens with zero attached hydrogens (tertiary/aromatic N) is 1. The first-order chi connectivity index (χ1) is 33.9. The first-order valence-corrected chi connectivity index (χ1v) is 23.4. The molecule has 0 bridgehead atoms. The van der Waals surface area contributed by atoms with Gasteiger partial charge in [0.15, 0.2) is 5.78 Å². The van der Waals surface area contributed by atoms with E-state index >= 15 is 0 Å². The predicted octanol–water partition coefficient (Wildman–Crippen LogP) is 1.78. The minimum absolute atomic E-state index is 0.0189. The number of rotatable bonds is 13. The highest BCUT2D eigenvalue weighted by atomic mass is 16.5. The van der Waals surface area contributed by atoms with E-state index in [1.807, 2.05) is 43.3 Å². The number of nitrogen functional groups attached to an aromatic ring is 1. The Morgan fingerprint density at radius 3 is 2.00 bits per heavy atom. The van der Waals surface area contributed by atoms with Gasteiger partial charge in [-0.2, -0.15) is 0 Å². The Hall–Kier alpha value is -7.68. The van der Waals surface area contributed by atoms with E-state index < -0.39 is 132 Å². The number of aliphatic carboxylic acids is 2. The maximum absolute atomic E-state index is 14.1. The van der Waals surface area contributed by atoms with Crippen LogP contribution in [0.4, 0.5) is 5.69 Å². The van der Waals surface area contributed by atoms with Crippen LogP contribution in [0, 0.1) is 17.8 Å². The second-order valence-corrected chi connectivity index (χ2v) is 17.8. The van der Waals surface area contributed by atoms with Gasteiger partial charge in [-0.25, -0.2) is 9.59 Å². The molecule has 1 aliphatic heterocycles. The van der Waals surface area contributed by atoms with E-state index in [1.54, 1.807) is 33.1 Å². The second-order valence-electron chi connectivity index (χ2n) is 17.8. The number of allylic oxidation sites excluding steroid dienone is 2. The average Bonchev–Trinajstić information content (AvgIpc) is 3.34. The number of hydrogen-bond donors (Lipinski definition) is 9. The summed E-state index contributed by atoms with van der Waals surface area (Å²) in [6.07, 6.45) is 3.75. The lowest BCUT2D eigenvalue weighted by Crippen LogP contribution is -2.59. The molecule has 1 aliphatic rings. The van der Waals surface area contributed by atoms with Crippen LogP contribution < -0.4 is 37.6 Å². The molecule has 0 spiro atoms. The van der Waals surface area contributed by atoms with Gasteiger partial charge in [0.1, 0.15) is 35.9 Å². The molecule has 0 radical (unpaired) electrons. The fourth-order valence-corrected chi connectivity index (χ4v) is 7.59. The molecule has 72 heavy (non-hydrogen) atoms. The third-order valence-corrected chi connectivity index (χ3v) is 12.4. The summed E-state index contributed by atoms with van der Waals surface area (Å²) in [7, 11) is 2.79. The third-order valence-electron chi connectivity index (χ3n) is 12.4. The molecule has 0 saturated carbocycles. The van der Waals surface area contributed by atoms with Crippen LogP contribution in [0.2, 0.25) is 0 Å². The van der Waals surface area contributed by atoms with E-state index in [0.717, 1.165) is 10.5 Å². The van der Waals surface area contributed by atoms with Crippen molar-refractivity contribution in [2.45, 2.75) is 116 Å². The van der Waals surface area contributed by atoms with Crippen LogP contribution in [0.5, 0.6) is 0 Å². The lowest BCUT2D eigenvalue weighted by atomic mass is 9.94. The number of anilines is 1. The third kappa shape index (κ3) is 17.0. The van der Waals surface area contributed by atoms with Crippen molar-refractivity contribution in [3.8, 4) is 0 Å². The topological polar surface area (TPSA) is 322 Å². The number of Topliss-reactive ketones (excluding diaryl/α,β-unsaturated/α-hetero) is 1. The number of nitrogens with one attached hydrogen (secondary N) is 6. The number of carbonyl (C=O) groups excluding carboxylic acids is 8. The Morgan fingerprint density at radius 1 is 0.806 bits per heavy atom. The minimum Gasteiger partial charge on any atom is -0.480 e. The van der Waals surface area contributed by atoms with Crippen molar-refractivity contribution < 1.29 is 62.9 Å². The molecule has 10 atom stereocenters. The van der Waals surface area contributed by atoms with E-state index in [9.17, 15) is 58.2 Å². The van der Waals surface area contributed by atoms with Crippen LogP contribution in [0.15, 0.2) is 90.7 Å². The van der Waals surface area contributed by atoms with Crippen molar-refractivity contribution in [1.29, 1.82) is 0 Å². The average molecular weight is 1000 g/mol. The molecule has 0 aromatic heterocycles. The first-order valence-electron chi connectivity index (χ1n) is 23.4. The van der Waals surface area contributed by atoms with E-state index in [-0.39, 0.29) is 29.7 Å². The number of carboxylic acids is 2. The summed E-state index contributed by atoms with van der Waals surface area (Å²) in [5.41, 5.74) is 7.32. The molecule has 390 valence electrons. The molecule has 1 heterocycles. The van der Waals surface area contributed by atoms with Crippen LogP contribution in [-0.4, -0.2) is 131 Å². The van der Waals surface area contributed by atoms with E-state index in [2.05, 4.69) is 38.5 Å². The number of carbonyl (C=O) groups is 10. The normalized spacial score (nSPS) is 25.1. The van der Waals surface area contributed by atoms with Gasteiger partial charge in [0.25, 0.3) is 5.91 Å². The fraction of sp³-hybridized carbons (Fsp3) is 0.451. The maximum atomic E-state index is 14.1. The summed E-state index contributed by atoms with van der Waals surface area (Å²) < 4.78 is 5.80. The van der Waals surface area contributed by atoms with Crippen molar-refractivity contribution in [1.82, 2.24) is 36.8 Å². The standard InChI is InChI=1S/C51H68N8O13/c1-10-36-48(66)55-37(21-20-27(2)24-28(3)41(72-9)25-33-16-12-11-13-17-33)29(4)44(62)56-38(50(68)69)22-23-42(61)59(8)32(7)47(65)53-31(6)46(64)57-39(26-40(60)34-18-14-15-19-35(34)52)49(67)58-43(51(70)71)30(5)45(63)54-36/h11-21,24,28-31,36-39,41,43H,7,10,22-23,25-26,52H2,1-6,8-9H3,(H,53,65)(H,54,63)(H,55,66)(H,56,62)(H,57,64)(H,58,67)(H,68,69)(H,70,71)/b21-20?,27-24+/t28-,29-,30-,31+,36-,37-,38+,39-,41-,43+/m0/s1. The molecular formula is C51H68N8O13. The van der Waals surface area contributed by atoms with Crippen LogP contribution in [0.25, 0.3) is 0 Å². The molecule has 21 heteroatoms. The van der Waals surface area contributed by atoms with E-state index in [0.29, 0.717) is 12.0 Å². The van der Waals surface area contributed by atoms with Crippen molar-refractivity contribution in [3.05, 3.63) is 102 Å². The molecule has 1 saturated heterocycles. The number of hydrogen-bond acceptors (Lipinski definition) is 12. The Bertz CT molecular complexity index is 2410. The van der Waals surface area contributed by atoms with Crippen molar-refractivity contribution in [3.63, 3.8) is 0 Å². The van der Waals surface area contributed by atoms with Crippen LogP contribution in [0.1, 0.15) is 83.1 Å². The largest absolute Gasteiger partial charge is 0.480 e. The summed E-state index contributed by atoms with van der Waals surface area (Å²) in [4.78, 5) is 135. The predicted molar refractivity (Wildman–Crippen MR) is 265 cm³/mol.